The number of nitrogens with one attached hydrogen (secondary N) is 2. The average Bonchev–Trinajstić information content (AvgIpc) is 3.02. The second-order valence-electron chi connectivity index (χ2n) is 7.73. The number of aromatic nitrogens is 1. The summed E-state index contributed by atoms with van der Waals surface area (Å²) in [7, 11) is 0. The molecule has 3 heterocycles. The summed E-state index contributed by atoms with van der Waals surface area (Å²) in [5.74, 6) is 1.66. The van der Waals surface area contributed by atoms with Crippen LogP contribution in [-0.2, 0) is 17.7 Å². The molecule has 0 spiro atoms. The number of hydrogen-bond donors (Lipinski definition) is 2. The van der Waals surface area contributed by atoms with Gasteiger partial charge in [-0.1, -0.05) is 18.2 Å². The van der Waals surface area contributed by atoms with Crippen molar-refractivity contribution >= 4 is 17.5 Å². The number of urea groups is 1. The highest BCUT2D eigenvalue weighted by Crippen LogP contribution is 2.40. The van der Waals surface area contributed by atoms with E-state index in [1.54, 1.807) is 6.20 Å². The Hall–Kier alpha value is -2.80. The number of amides is 2. The average molecular weight is 382 g/mol. The molecule has 1 aromatic carbocycles. The van der Waals surface area contributed by atoms with Gasteiger partial charge in [0.25, 0.3) is 0 Å². The lowest BCUT2D eigenvalue weighted by Gasteiger charge is -2.29. The predicted octanol–water partition coefficient (Wildman–Crippen LogP) is 2.95. The van der Waals surface area contributed by atoms with Crippen molar-refractivity contribution in [1.29, 1.82) is 0 Å². The smallest absolute Gasteiger partial charge is 0.319 e. The number of nitrogens with zero attached hydrogens (tertiary/aromatic N) is 2. The minimum Gasteiger partial charge on any atom is -0.485 e. The zero-order chi connectivity index (χ0) is 19.6. The molecule has 1 aromatic heterocycles. The normalized spacial score (nSPS) is 17.6. The zero-order valence-electron chi connectivity index (χ0n) is 16.3. The van der Waals surface area contributed by atoms with E-state index < -0.39 is 0 Å². The van der Waals surface area contributed by atoms with Crippen LogP contribution in [0.3, 0.4) is 0 Å². The summed E-state index contributed by atoms with van der Waals surface area (Å²) in [6.45, 7) is 7.49. The van der Waals surface area contributed by atoms with Crippen molar-refractivity contribution in [3.05, 3.63) is 47.7 Å². The van der Waals surface area contributed by atoms with E-state index in [1.807, 2.05) is 44.2 Å². The minimum absolute atomic E-state index is 0.251. The highest BCUT2D eigenvalue weighted by molar-refractivity contribution is 5.91. The molecule has 2 N–H and O–H groups in total. The highest BCUT2D eigenvalue weighted by Gasteiger charge is 2.32. The van der Waals surface area contributed by atoms with Crippen LogP contribution in [0.4, 0.5) is 16.3 Å². The van der Waals surface area contributed by atoms with Crippen molar-refractivity contribution in [1.82, 2.24) is 10.3 Å². The van der Waals surface area contributed by atoms with Crippen LogP contribution in [0, 0.1) is 0 Å². The van der Waals surface area contributed by atoms with Gasteiger partial charge in [0.2, 0.25) is 0 Å². The molecule has 2 aliphatic rings. The van der Waals surface area contributed by atoms with Gasteiger partial charge in [-0.15, -0.1) is 0 Å². The lowest BCUT2D eigenvalue weighted by atomic mass is 10.0. The number of rotatable bonds is 4. The Balaban J connectivity index is 1.41. The van der Waals surface area contributed by atoms with Gasteiger partial charge in [0.15, 0.2) is 0 Å². The Morgan fingerprint density at radius 1 is 1.21 bits per heavy atom. The van der Waals surface area contributed by atoms with Crippen molar-refractivity contribution in [2.75, 3.05) is 36.5 Å². The molecule has 0 aliphatic carbocycles. The van der Waals surface area contributed by atoms with Gasteiger partial charge in [-0.05, 0) is 26.0 Å². The van der Waals surface area contributed by atoms with E-state index in [1.165, 1.54) is 0 Å². The monoisotopic (exact) mass is 382 g/mol. The first kappa shape index (κ1) is 18.6. The second-order valence-corrected chi connectivity index (χ2v) is 7.73. The van der Waals surface area contributed by atoms with Crippen molar-refractivity contribution in [3.8, 4) is 5.75 Å². The van der Waals surface area contributed by atoms with Crippen molar-refractivity contribution < 1.29 is 14.3 Å². The number of fused-ring (bicyclic) bond motifs is 1. The van der Waals surface area contributed by atoms with E-state index in [0.717, 1.165) is 42.2 Å². The van der Waals surface area contributed by atoms with Gasteiger partial charge in [-0.2, -0.15) is 0 Å². The maximum Gasteiger partial charge on any atom is 0.319 e. The number of anilines is 2. The third-order valence-corrected chi connectivity index (χ3v) is 4.96. The van der Waals surface area contributed by atoms with Crippen molar-refractivity contribution in [2.45, 2.75) is 32.4 Å². The van der Waals surface area contributed by atoms with Crippen LogP contribution in [-0.4, -0.2) is 42.9 Å². The number of para-hydroxylation sites is 1. The van der Waals surface area contributed by atoms with Crippen LogP contribution in [0.25, 0.3) is 0 Å². The Kier molecular flexibility index (Phi) is 5.09. The first-order valence-electron chi connectivity index (χ1n) is 9.64. The SMILES string of the molecule is CC1(C)Cc2cccc(NC(=O)NCc3cccnc3N3CCOCC3)c2O1. The molecule has 2 amide bonds. The summed E-state index contributed by atoms with van der Waals surface area (Å²) in [5.41, 5.74) is 2.54. The van der Waals surface area contributed by atoms with Gasteiger partial charge in [-0.3, -0.25) is 0 Å². The molecule has 0 bridgehead atoms. The van der Waals surface area contributed by atoms with E-state index in [4.69, 9.17) is 9.47 Å². The van der Waals surface area contributed by atoms with Crippen LogP contribution in [0.2, 0.25) is 0 Å². The summed E-state index contributed by atoms with van der Waals surface area (Å²) in [4.78, 5) is 19.2. The molecule has 7 nitrogen and oxygen atoms in total. The molecule has 1 saturated heterocycles. The lowest BCUT2D eigenvalue weighted by Crippen LogP contribution is -2.38. The maximum atomic E-state index is 12.5. The molecular weight excluding hydrogens is 356 g/mol. The summed E-state index contributed by atoms with van der Waals surface area (Å²) in [6, 6.07) is 9.46. The number of morpholine rings is 1. The molecule has 0 saturated carbocycles. The van der Waals surface area contributed by atoms with Gasteiger partial charge in [0.1, 0.15) is 17.2 Å². The van der Waals surface area contributed by atoms with E-state index in [0.29, 0.717) is 25.4 Å². The molecule has 0 unspecified atom stereocenters. The Morgan fingerprint density at radius 3 is 2.86 bits per heavy atom. The fraction of sp³-hybridized carbons (Fsp3) is 0.429. The summed E-state index contributed by atoms with van der Waals surface area (Å²) in [6.07, 6.45) is 2.61. The zero-order valence-corrected chi connectivity index (χ0v) is 16.3. The van der Waals surface area contributed by atoms with Gasteiger partial charge in [0, 0.05) is 43.4 Å². The molecule has 1 fully saturated rings. The minimum atomic E-state index is -0.265. The third kappa shape index (κ3) is 4.04. The van der Waals surface area contributed by atoms with Gasteiger partial charge < -0.3 is 25.0 Å². The van der Waals surface area contributed by atoms with Crippen LogP contribution in [0.1, 0.15) is 25.0 Å². The Morgan fingerprint density at radius 2 is 2.04 bits per heavy atom. The van der Waals surface area contributed by atoms with Crippen LogP contribution >= 0.6 is 0 Å². The van der Waals surface area contributed by atoms with Gasteiger partial charge >= 0.3 is 6.03 Å². The maximum absolute atomic E-state index is 12.5. The topological polar surface area (TPSA) is 75.7 Å². The molecule has 0 atom stereocenters. The second kappa shape index (κ2) is 7.67. The van der Waals surface area contributed by atoms with E-state index in [-0.39, 0.29) is 11.6 Å². The number of carbonyl (C=O) groups excluding carboxylic acids is 1. The van der Waals surface area contributed by atoms with Gasteiger partial charge in [0.05, 0.1) is 18.9 Å². The number of benzene rings is 1. The fourth-order valence-electron chi connectivity index (χ4n) is 3.68. The number of carbonyl (C=O) groups is 1. The molecular formula is C21H26N4O3. The summed E-state index contributed by atoms with van der Waals surface area (Å²) >= 11 is 0. The summed E-state index contributed by atoms with van der Waals surface area (Å²) in [5, 5.41) is 5.86. The lowest BCUT2D eigenvalue weighted by molar-refractivity contribution is 0.122. The molecule has 2 aromatic rings. The fourth-order valence-corrected chi connectivity index (χ4v) is 3.68. The first-order chi connectivity index (χ1) is 13.5. The van der Waals surface area contributed by atoms with E-state index in [9.17, 15) is 4.79 Å². The van der Waals surface area contributed by atoms with E-state index >= 15 is 0 Å². The standard InChI is InChI=1S/C21H26N4O3/c1-21(2)13-15-5-3-7-17(18(15)28-21)24-20(26)23-14-16-6-4-8-22-19(16)25-9-11-27-12-10-25/h3-8H,9-14H2,1-2H3,(H2,23,24,26). The van der Waals surface area contributed by atoms with E-state index in [2.05, 4.69) is 20.5 Å². The van der Waals surface area contributed by atoms with Crippen LogP contribution in [0.15, 0.2) is 36.5 Å². The third-order valence-electron chi connectivity index (χ3n) is 4.96. The molecule has 148 valence electrons. The van der Waals surface area contributed by atoms with Gasteiger partial charge in [-0.25, -0.2) is 9.78 Å². The molecule has 4 rings (SSSR count). The number of pyridine rings is 1. The predicted molar refractivity (Wildman–Crippen MR) is 108 cm³/mol. The van der Waals surface area contributed by atoms with Crippen molar-refractivity contribution in [3.63, 3.8) is 0 Å². The number of hydrogen-bond acceptors (Lipinski definition) is 5. The largest absolute Gasteiger partial charge is 0.485 e. The first-order valence-corrected chi connectivity index (χ1v) is 9.64. The van der Waals surface area contributed by atoms with Crippen LogP contribution < -0.4 is 20.3 Å². The number of ether oxygens (including phenoxy) is 2. The van der Waals surface area contributed by atoms with Crippen molar-refractivity contribution in [2.24, 2.45) is 0 Å². The molecule has 7 heteroatoms. The molecule has 28 heavy (non-hydrogen) atoms. The molecule has 0 radical (unpaired) electrons. The Bertz CT molecular complexity index is 862. The summed E-state index contributed by atoms with van der Waals surface area (Å²) < 4.78 is 11.4. The quantitative estimate of drug-likeness (QED) is 0.850. The highest BCUT2D eigenvalue weighted by atomic mass is 16.5. The molecule has 2 aliphatic heterocycles. The Labute approximate surface area is 165 Å². The van der Waals surface area contributed by atoms with Crippen LogP contribution in [0.5, 0.6) is 5.75 Å².